The van der Waals surface area contributed by atoms with Gasteiger partial charge in [0.2, 0.25) is 5.91 Å². The Morgan fingerprint density at radius 1 is 1.00 bits per heavy atom. The smallest absolute Gasteiger partial charge is 0.251 e. The van der Waals surface area contributed by atoms with Gasteiger partial charge in [-0.05, 0) is 49.6 Å². The number of hydrogen-bond donors (Lipinski definition) is 2. The van der Waals surface area contributed by atoms with Crippen molar-refractivity contribution in [3.8, 4) is 0 Å². The molecule has 2 N–H and O–H groups in total. The number of benzene rings is 2. The number of aryl methyl sites for hydroxylation is 1. The van der Waals surface area contributed by atoms with Gasteiger partial charge < -0.3 is 10.6 Å². The molecule has 0 fully saturated rings. The molecule has 0 aliphatic carbocycles. The Labute approximate surface area is 136 Å². The van der Waals surface area contributed by atoms with E-state index in [2.05, 4.69) is 22.8 Å². The lowest BCUT2D eigenvalue weighted by Crippen LogP contribution is -2.32. The van der Waals surface area contributed by atoms with Gasteiger partial charge in [0.25, 0.3) is 5.91 Å². The Kier molecular flexibility index (Phi) is 5.92. The van der Waals surface area contributed by atoms with Gasteiger partial charge in [-0.3, -0.25) is 9.59 Å². The summed E-state index contributed by atoms with van der Waals surface area (Å²) in [5.74, 6) is -0.225. The Bertz CT molecular complexity index is 651. The van der Waals surface area contributed by atoms with Crippen molar-refractivity contribution in [3.05, 3.63) is 65.7 Å². The van der Waals surface area contributed by atoms with Crippen LogP contribution in [0.25, 0.3) is 0 Å². The highest BCUT2D eigenvalue weighted by Crippen LogP contribution is 2.10. The maximum atomic E-state index is 12.2. The minimum absolute atomic E-state index is 0.0951. The van der Waals surface area contributed by atoms with Crippen molar-refractivity contribution in [2.24, 2.45) is 0 Å². The van der Waals surface area contributed by atoms with Crippen LogP contribution in [0.2, 0.25) is 0 Å². The highest BCUT2D eigenvalue weighted by molar-refractivity contribution is 5.95. The molecule has 2 aromatic carbocycles. The third kappa shape index (κ3) is 5.58. The maximum absolute atomic E-state index is 12.2. The maximum Gasteiger partial charge on any atom is 0.251 e. The van der Waals surface area contributed by atoms with E-state index in [4.69, 9.17) is 0 Å². The molecule has 2 rings (SSSR count). The summed E-state index contributed by atoms with van der Waals surface area (Å²) in [6.07, 6.45) is 1.82. The van der Waals surface area contributed by atoms with Crippen LogP contribution in [-0.4, -0.2) is 17.9 Å². The number of carbonyl (C=O) groups is 2. The van der Waals surface area contributed by atoms with Crippen molar-refractivity contribution in [1.82, 2.24) is 5.32 Å². The van der Waals surface area contributed by atoms with Gasteiger partial charge in [-0.25, -0.2) is 0 Å². The summed E-state index contributed by atoms with van der Waals surface area (Å²) in [6.45, 7) is 3.46. The molecule has 1 atom stereocenters. The minimum Gasteiger partial charge on any atom is -0.350 e. The van der Waals surface area contributed by atoms with E-state index in [1.807, 2.05) is 25.1 Å². The van der Waals surface area contributed by atoms with Crippen LogP contribution in [0.3, 0.4) is 0 Å². The lowest BCUT2D eigenvalue weighted by molar-refractivity contribution is -0.114. The zero-order valence-corrected chi connectivity index (χ0v) is 13.5. The molecule has 0 bridgehead atoms. The first-order chi connectivity index (χ1) is 11.0. The monoisotopic (exact) mass is 310 g/mol. The van der Waals surface area contributed by atoms with Gasteiger partial charge in [0.15, 0.2) is 0 Å². The van der Waals surface area contributed by atoms with Crippen molar-refractivity contribution < 1.29 is 9.59 Å². The molecule has 2 amide bonds. The molecule has 23 heavy (non-hydrogen) atoms. The lowest BCUT2D eigenvalue weighted by atomic mass is 10.1. The average molecular weight is 310 g/mol. The molecule has 0 radical (unpaired) electrons. The van der Waals surface area contributed by atoms with Gasteiger partial charge in [0.05, 0.1) is 0 Å². The molecule has 4 heteroatoms. The predicted octanol–water partition coefficient (Wildman–Crippen LogP) is 3.40. The van der Waals surface area contributed by atoms with Gasteiger partial charge in [-0.15, -0.1) is 0 Å². The van der Waals surface area contributed by atoms with Crippen LogP contribution in [-0.2, 0) is 11.2 Å². The van der Waals surface area contributed by atoms with E-state index in [1.165, 1.54) is 12.5 Å². The molecule has 0 aliphatic rings. The molecule has 2 aromatic rings. The summed E-state index contributed by atoms with van der Waals surface area (Å²) in [7, 11) is 0. The molecular weight excluding hydrogens is 288 g/mol. The third-order valence-corrected chi connectivity index (χ3v) is 3.55. The Balaban J connectivity index is 1.84. The first-order valence-corrected chi connectivity index (χ1v) is 7.77. The van der Waals surface area contributed by atoms with E-state index in [0.717, 1.165) is 12.8 Å². The second-order valence-electron chi connectivity index (χ2n) is 5.66. The number of nitrogens with one attached hydrogen (secondary N) is 2. The molecule has 0 heterocycles. The van der Waals surface area contributed by atoms with Crippen LogP contribution in [0.4, 0.5) is 5.69 Å². The molecule has 4 nitrogen and oxygen atoms in total. The van der Waals surface area contributed by atoms with Gasteiger partial charge in [-0.1, -0.05) is 30.3 Å². The van der Waals surface area contributed by atoms with Crippen molar-refractivity contribution in [3.63, 3.8) is 0 Å². The van der Waals surface area contributed by atoms with Gasteiger partial charge >= 0.3 is 0 Å². The van der Waals surface area contributed by atoms with Crippen LogP contribution >= 0.6 is 0 Å². The molecule has 0 unspecified atom stereocenters. The van der Waals surface area contributed by atoms with Gasteiger partial charge in [0, 0.05) is 24.2 Å². The normalized spacial score (nSPS) is 11.6. The number of anilines is 1. The van der Waals surface area contributed by atoms with Crippen molar-refractivity contribution in [2.75, 3.05) is 5.32 Å². The second kappa shape index (κ2) is 8.13. The molecule has 0 saturated carbocycles. The fourth-order valence-corrected chi connectivity index (χ4v) is 2.32. The van der Waals surface area contributed by atoms with Crippen LogP contribution in [0, 0.1) is 0 Å². The SMILES string of the molecule is CC(=O)Nc1ccc(C(=O)N[C@@H](C)CCc2ccccc2)cc1. The summed E-state index contributed by atoms with van der Waals surface area (Å²) in [5, 5.41) is 5.68. The average Bonchev–Trinajstić information content (AvgIpc) is 2.54. The number of carbonyl (C=O) groups excluding carboxylic acids is 2. The van der Waals surface area contributed by atoms with E-state index in [0.29, 0.717) is 11.3 Å². The first-order valence-electron chi connectivity index (χ1n) is 7.77. The minimum atomic E-state index is -0.128. The third-order valence-electron chi connectivity index (χ3n) is 3.55. The quantitative estimate of drug-likeness (QED) is 0.859. The summed E-state index contributed by atoms with van der Waals surface area (Å²) < 4.78 is 0. The number of hydrogen-bond acceptors (Lipinski definition) is 2. The van der Waals surface area contributed by atoms with Crippen LogP contribution in [0.15, 0.2) is 54.6 Å². The first kappa shape index (κ1) is 16.7. The number of amides is 2. The van der Waals surface area contributed by atoms with Crippen LogP contribution in [0.1, 0.15) is 36.2 Å². The van der Waals surface area contributed by atoms with Gasteiger partial charge in [0.1, 0.15) is 0 Å². The molecule has 120 valence electrons. The zero-order valence-electron chi connectivity index (χ0n) is 13.5. The Morgan fingerprint density at radius 2 is 1.65 bits per heavy atom. The number of rotatable bonds is 6. The van der Waals surface area contributed by atoms with Gasteiger partial charge in [-0.2, -0.15) is 0 Å². The van der Waals surface area contributed by atoms with E-state index < -0.39 is 0 Å². The summed E-state index contributed by atoms with van der Waals surface area (Å²) in [6, 6.07) is 17.2. The topological polar surface area (TPSA) is 58.2 Å². The zero-order chi connectivity index (χ0) is 16.7. The predicted molar refractivity (Wildman–Crippen MR) is 92.4 cm³/mol. The summed E-state index contributed by atoms with van der Waals surface area (Å²) in [4.78, 5) is 23.2. The summed E-state index contributed by atoms with van der Waals surface area (Å²) in [5.41, 5.74) is 2.55. The van der Waals surface area contributed by atoms with E-state index in [1.54, 1.807) is 24.3 Å². The molecule has 0 spiro atoms. The van der Waals surface area contributed by atoms with Crippen LogP contribution in [0.5, 0.6) is 0 Å². The Hall–Kier alpha value is -2.62. The standard InChI is InChI=1S/C19H22N2O2/c1-14(8-9-16-6-4-3-5-7-16)20-19(23)17-10-12-18(13-11-17)21-15(2)22/h3-7,10-14H,8-9H2,1-2H3,(H,20,23)(H,21,22)/t14-/m0/s1. The fourth-order valence-electron chi connectivity index (χ4n) is 2.32. The molecule has 0 saturated heterocycles. The van der Waals surface area contributed by atoms with Crippen molar-refractivity contribution in [2.45, 2.75) is 32.7 Å². The van der Waals surface area contributed by atoms with E-state index in [-0.39, 0.29) is 17.9 Å². The summed E-state index contributed by atoms with van der Waals surface area (Å²) >= 11 is 0. The molecule has 0 aliphatic heterocycles. The highest BCUT2D eigenvalue weighted by atomic mass is 16.2. The Morgan fingerprint density at radius 3 is 2.26 bits per heavy atom. The molecular formula is C19H22N2O2. The lowest BCUT2D eigenvalue weighted by Gasteiger charge is -2.14. The highest BCUT2D eigenvalue weighted by Gasteiger charge is 2.10. The fraction of sp³-hybridized carbons (Fsp3) is 0.263. The largest absolute Gasteiger partial charge is 0.350 e. The second-order valence-corrected chi connectivity index (χ2v) is 5.66. The van der Waals surface area contributed by atoms with Crippen LogP contribution < -0.4 is 10.6 Å². The molecule has 0 aromatic heterocycles. The van der Waals surface area contributed by atoms with Crippen molar-refractivity contribution in [1.29, 1.82) is 0 Å². The van der Waals surface area contributed by atoms with E-state index in [9.17, 15) is 9.59 Å². The van der Waals surface area contributed by atoms with Crippen molar-refractivity contribution >= 4 is 17.5 Å². The van der Waals surface area contributed by atoms with E-state index >= 15 is 0 Å².